The number of Topliss-reactive ketones (excluding diaryl/α,β-unsaturated/α-hetero) is 1. The van der Waals surface area contributed by atoms with Crippen LogP contribution >= 0.6 is 0 Å². The van der Waals surface area contributed by atoms with E-state index in [0.29, 0.717) is 33.9 Å². The second-order valence-corrected chi connectivity index (χ2v) is 13.2. The number of carbonyl (C=O) groups is 2. The maximum atomic E-state index is 13.9. The van der Waals surface area contributed by atoms with Crippen LogP contribution in [0.5, 0.6) is 23.0 Å². The number of rotatable bonds is 5. The number of aryl methyl sites for hydroxylation is 2. The number of phenols is 3. The first kappa shape index (κ1) is 33.1. The fourth-order valence-electron chi connectivity index (χ4n) is 7.34. The Bertz CT molecular complexity index is 2420. The Kier molecular flexibility index (Phi) is 7.90. The Morgan fingerprint density at radius 1 is 0.714 bits per heavy atom. The minimum absolute atomic E-state index is 0.0248. The Hall–Kier alpha value is -5.83. The van der Waals surface area contributed by atoms with Gasteiger partial charge in [0.15, 0.2) is 12.0 Å². The molecule has 0 radical (unpaired) electrons. The normalized spacial score (nSPS) is 14.1. The number of hydrogen-bond donors (Lipinski definition) is 5. The number of aliphatic hydroxyl groups is 1. The summed E-state index contributed by atoms with van der Waals surface area (Å²) in [6.45, 7) is 12.6. The van der Waals surface area contributed by atoms with Crippen LogP contribution in [0.4, 0.5) is 0 Å². The molecule has 0 saturated heterocycles. The molecule has 5 aromatic rings. The summed E-state index contributed by atoms with van der Waals surface area (Å²) in [5, 5.41) is 58.5. The quantitative estimate of drug-likeness (QED) is 0.0707. The number of allylic oxidation sites excluding steroid dienone is 2. The molecule has 0 amide bonds. The lowest BCUT2D eigenvalue weighted by Crippen LogP contribution is -2.19. The summed E-state index contributed by atoms with van der Waals surface area (Å²) < 4.78 is 5.42. The summed E-state index contributed by atoms with van der Waals surface area (Å²) in [6, 6.07) is 9.80. The van der Waals surface area contributed by atoms with Gasteiger partial charge in [-0.15, -0.1) is 0 Å². The molecule has 250 valence electrons. The Balaban J connectivity index is 1.75. The van der Waals surface area contributed by atoms with Crippen LogP contribution in [-0.2, 0) is 4.79 Å². The first-order valence-corrected chi connectivity index (χ1v) is 15.9. The molecular weight excluding hydrogens is 624 g/mol. The molecule has 4 aromatic carbocycles. The lowest BCUT2D eigenvalue weighted by atomic mass is 9.76. The first-order chi connectivity index (χ1) is 23.1. The van der Waals surface area contributed by atoms with Gasteiger partial charge in [-0.2, -0.15) is 0 Å². The maximum Gasteiger partial charge on any atom is 0.347 e. The third-order valence-corrected chi connectivity index (χ3v) is 9.48. The van der Waals surface area contributed by atoms with Crippen molar-refractivity contribution in [2.45, 2.75) is 54.4 Å². The van der Waals surface area contributed by atoms with E-state index in [0.717, 1.165) is 11.6 Å². The van der Waals surface area contributed by atoms with Gasteiger partial charge >= 0.3 is 5.63 Å². The molecule has 1 aromatic heterocycles. The van der Waals surface area contributed by atoms with E-state index in [4.69, 9.17) is 4.42 Å². The molecule has 9 nitrogen and oxygen atoms in total. The largest absolute Gasteiger partial charge is 0.507 e. The van der Waals surface area contributed by atoms with E-state index in [1.165, 1.54) is 6.07 Å². The lowest BCUT2D eigenvalue weighted by Gasteiger charge is -2.28. The molecule has 1 heterocycles. The van der Waals surface area contributed by atoms with Crippen LogP contribution in [0, 0.1) is 26.7 Å². The van der Waals surface area contributed by atoms with Crippen LogP contribution in [0.15, 0.2) is 51.4 Å². The zero-order valence-corrected chi connectivity index (χ0v) is 28.1. The molecule has 1 aliphatic carbocycles. The fraction of sp³-hybridized carbons (Fsp3) is 0.225. The van der Waals surface area contributed by atoms with Crippen molar-refractivity contribution in [3.8, 4) is 34.1 Å². The first-order valence-electron chi connectivity index (χ1n) is 15.9. The van der Waals surface area contributed by atoms with Gasteiger partial charge in [-0.3, -0.25) is 9.59 Å². The molecule has 49 heavy (non-hydrogen) atoms. The number of fused-ring (bicyclic) bond motifs is 3. The highest BCUT2D eigenvalue weighted by Gasteiger charge is 2.36. The molecule has 0 fully saturated rings. The number of hydrogen-bond acceptors (Lipinski definition) is 9. The van der Waals surface area contributed by atoms with Crippen molar-refractivity contribution in [3.05, 3.63) is 97.1 Å². The fourth-order valence-corrected chi connectivity index (χ4v) is 7.34. The van der Waals surface area contributed by atoms with Crippen molar-refractivity contribution in [1.29, 1.82) is 0 Å². The van der Waals surface area contributed by atoms with E-state index in [1.807, 2.05) is 13.8 Å². The van der Waals surface area contributed by atoms with Crippen LogP contribution in [0.3, 0.4) is 0 Å². The smallest absolute Gasteiger partial charge is 0.347 e. The molecule has 6 rings (SSSR count). The summed E-state index contributed by atoms with van der Waals surface area (Å²) in [5.41, 5.74) is 1.59. The van der Waals surface area contributed by atoms with Crippen molar-refractivity contribution >= 4 is 51.0 Å². The van der Waals surface area contributed by atoms with Crippen molar-refractivity contribution < 1.29 is 39.5 Å². The highest BCUT2D eigenvalue weighted by Crippen LogP contribution is 2.53. The van der Waals surface area contributed by atoms with Crippen molar-refractivity contribution in [3.63, 3.8) is 0 Å². The Morgan fingerprint density at radius 3 is 1.98 bits per heavy atom. The van der Waals surface area contributed by atoms with Crippen molar-refractivity contribution in [1.82, 2.24) is 0 Å². The molecule has 0 atom stereocenters. The summed E-state index contributed by atoms with van der Waals surface area (Å²) in [6.07, 6.45) is 1.57. The molecule has 0 spiro atoms. The number of para-hydroxylation sites is 1. The summed E-state index contributed by atoms with van der Waals surface area (Å²) in [4.78, 5) is 39.4. The van der Waals surface area contributed by atoms with Crippen LogP contribution in [0.1, 0.15) is 82.9 Å². The average molecular weight is 661 g/mol. The predicted octanol–water partition coefficient (Wildman–Crippen LogP) is 8.35. The predicted molar refractivity (Wildman–Crippen MR) is 189 cm³/mol. The van der Waals surface area contributed by atoms with Crippen LogP contribution in [0.25, 0.3) is 50.1 Å². The van der Waals surface area contributed by atoms with Gasteiger partial charge in [0.25, 0.3) is 0 Å². The van der Waals surface area contributed by atoms with E-state index in [-0.39, 0.29) is 78.7 Å². The van der Waals surface area contributed by atoms with E-state index in [2.05, 4.69) is 0 Å². The standard InChI is InChI=1S/C40H36O9/c1-16(2)28-20(7)34(42)26(15-41)33-22(28)12-18(5)31(38(33)46)30-19(6)13-23-29(17(3)4)39(47)36(44)24(32(23)37(30)45)14-25-35(43)21-10-8-9-11-27(21)49-40(25)48/h8-17,42-43,45-47H,1-7H3/b24-14-. The number of ketones is 1. The number of aliphatic hydroxyl groups excluding tert-OH is 1. The van der Waals surface area contributed by atoms with Crippen LogP contribution in [-0.4, -0.2) is 37.6 Å². The third-order valence-electron chi connectivity index (χ3n) is 9.48. The second-order valence-electron chi connectivity index (χ2n) is 13.2. The summed E-state index contributed by atoms with van der Waals surface area (Å²) in [7, 11) is 0. The Morgan fingerprint density at radius 2 is 1.35 bits per heavy atom. The second kappa shape index (κ2) is 11.7. The van der Waals surface area contributed by atoms with Gasteiger partial charge in [0.05, 0.1) is 10.9 Å². The molecule has 0 aliphatic heterocycles. The minimum atomic E-state index is -0.941. The van der Waals surface area contributed by atoms with Crippen molar-refractivity contribution in [2.75, 3.05) is 0 Å². The van der Waals surface area contributed by atoms with Crippen molar-refractivity contribution in [2.24, 2.45) is 5.92 Å². The number of aldehydes is 1. The SMILES string of the molecule is Cc1cc2c(c(O)c1-c1c(C)cc3c(C(C)C)c(C)c(O)c(C=O)c3c1O)/C(=C/c1c(O)c3ccccc3oc1=O)C(=O)C(O)=C2C(C)C. The number of benzene rings is 4. The number of carbonyl (C=O) groups excluding carboxylic acids is 2. The minimum Gasteiger partial charge on any atom is -0.507 e. The molecule has 0 saturated carbocycles. The molecular formula is C40H36O9. The molecule has 5 N–H and O–H groups in total. The van der Waals surface area contributed by atoms with E-state index in [1.54, 1.807) is 65.0 Å². The highest BCUT2D eigenvalue weighted by molar-refractivity contribution is 6.37. The Labute approximate surface area is 281 Å². The molecule has 0 bridgehead atoms. The lowest BCUT2D eigenvalue weighted by molar-refractivity contribution is -0.112. The topological polar surface area (TPSA) is 166 Å². The number of aromatic hydroxyl groups is 4. The number of phenolic OH excluding ortho intramolecular Hbond substituents is 3. The molecule has 9 heteroatoms. The molecule has 1 aliphatic rings. The van der Waals surface area contributed by atoms with Gasteiger partial charge in [-0.05, 0) is 84.0 Å². The zero-order valence-electron chi connectivity index (χ0n) is 28.1. The maximum absolute atomic E-state index is 13.9. The van der Waals surface area contributed by atoms with E-state index < -0.39 is 28.7 Å². The van der Waals surface area contributed by atoms with Gasteiger partial charge in [-0.1, -0.05) is 52.0 Å². The zero-order chi connectivity index (χ0) is 35.8. The third kappa shape index (κ3) is 4.79. The summed E-state index contributed by atoms with van der Waals surface area (Å²) >= 11 is 0. The summed E-state index contributed by atoms with van der Waals surface area (Å²) in [5.74, 6) is -3.40. The van der Waals surface area contributed by atoms with Gasteiger partial charge in [-0.25, -0.2) is 4.79 Å². The van der Waals surface area contributed by atoms with E-state index in [9.17, 15) is 39.9 Å². The molecule has 0 unspecified atom stereocenters. The van der Waals surface area contributed by atoms with Crippen LogP contribution in [0.2, 0.25) is 0 Å². The van der Waals surface area contributed by atoms with Gasteiger partial charge in [0.1, 0.15) is 34.1 Å². The highest BCUT2D eigenvalue weighted by atomic mass is 16.4. The monoisotopic (exact) mass is 660 g/mol. The average Bonchev–Trinajstić information content (AvgIpc) is 3.03. The van der Waals surface area contributed by atoms with Gasteiger partial charge < -0.3 is 29.9 Å². The van der Waals surface area contributed by atoms with Gasteiger partial charge in [0.2, 0.25) is 5.78 Å². The van der Waals surface area contributed by atoms with Gasteiger partial charge in [0, 0.05) is 33.2 Å². The van der Waals surface area contributed by atoms with E-state index >= 15 is 0 Å². The van der Waals surface area contributed by atoms with Crippen LogP contribution < -0.4 is 5.63 Å².